The van der Waals surface area contributed by atoms with Crippen LogP contribution in [0.15, 0.2) is 0 Å². The van der Waals surface area contributed by atoms with Crippen molar-refractivity contribution in [3.8, 4) is 0 Å². The van der Waals surface area contributed by atoms with E-state index in [1.54, 1.807) is 0 Å². The number of rotatable bonds is 18. The first-order valence-corrected chi connectivity index (χ1v) is 20.5. The maximum atomic E-state index is 12.7. The molecule has 67 heavy (non-hydrogen) atoms. The van der Waals surface area contributed by atoms with Crippen LogP contribution in [0.2, 0.25) is 0 Å². The van der Waals surface area contributed by atoms with Gasteiger partial charge in [-0.05, 0) is 0 Å². The number of esters is 2. The van der Waals surface area contributed by atoms with Gasteiger partial charge < -0.3 is 128 Å². The van der Waals surface area contributed by atoms with E-state index in [0.29, 0.717) is 0 Å². The van der Waals surface area contributed by atoms with Gasteiger partial charge in [-0.15, -0.1) is 0 Å². The second-order valence-electron chi connectivity index (χ2n) is 15.8. The molecular formula is C37H58O30. The van der Waals surface area contributed by atoms with E-state index in [-0.39, 0.29) is 0 Å². The summed E-state index contributed by atoms with van der Waals surface area (Å²) < 4.78 is 76.9. The van der Waals surface area contributed by atoms with Gasteiger partial charge >= 0.3 is 23.9 Å². The summed E-state index contributed by atoms with van der Waals surface area (Å²) in [5.41, 5.74) is 0. The van der Waals surface area contributed by atoms with E-state index in [1.807, 2.05) is 0 Å². The average molecular weight is 983 g/mol. The third kappa shape index (κ3) is 11.8. The summed E-state index contributed by atoms with van der Waals surface area (Å²) in [7, 11) is 3.17. The van der Waals surface area contributed by atoms with Crippen LogP contribution in [0, 0.1) is 0 Å². The van der Waals surface area contributed by atoms with Crippen molar-refractivity contribution in [2.75, 3.05) is 41.2 Å². The summed E-state index contributed by atoms with van der Waals surface area (Å²) in [6.45, 7) is -0.871. The quantitative estimate of drug-likeness (QED) is 0.0568. The number of aliphatic hydroxyl groups is 10. The molecule has 0 unspecified atom stereocenters. The lowest BCUT2D eigenvalue weighted by Gasteiger charge is -2.50. The van der Waals surface area contributed by atoms with Crippen LogP contribution in [0.1, 0.15) is 13.8 Å². The summed E-state index contributed by atoms with van der Waals surface area (Å²) in [4.78, 5) is 49.4. The molecule has 0 radical (unpaired) electrons. The standard InChI is InChI=1S/C37H58O30/c1-9(41)57-21-11(6-38)60-35(18(47)15(21)44)65-27-25(55-4)30(58-10(2)42)37(67-29(27)32(52)53)63-23-13(8-40)61-34(19(48)16(23)45)64-26-24(54-3)20(49)36(66-28(26)31(50)51)62-22-12(7-39)59-33(56-5)17(46)14(22)43/h11-30,33-40,43-49H,6-8H2,1-5H3,(H,50,51)(H,52,53)/t11-,12-,13-,14-,15-,16-,17-,18-,19-,20-,21-,22-,23-,24-,25+,26+,27+,28-,29+,30-,33+,34-,35-,36-,37-/m1/s1. The largest absolute Gasteiger partial charge is 0.479 e. The van der Waals surface area contributed by atoms with Crippen molar-refractivity contribution in [3.63, 3.8) is 0 Å². The number of carbonyl (C=O) groups is 4. The highest BCUT2D eigenvalue weighted by molar-refractivity contribution is 5.74. The van der Waals surface area contributed by atoms with Crippen molar-refractivity contribution in [1.29, 1.82) is 0 Å². The van der Waals surface area contributed by atoms with Gasteiger partial charge in [0.2, 0.25) is 0 Å². The number of carboxylic acid groups (broad SMARTS) is 2. The molecule has 0 amide bonds. The molecule has 386 valence electrons. The molecule has 0 aromatic heterocycles. The molecule has 0 aromatic rings. The van der Waals surface area contributed by atoms with Crippen LogP contribution in [0.25, 0.3) is 0 Å². The van der Waals surface area contributed by atoms with E-state index in [9.17, 15) is 80.5 Å². The minimum atomic E-state index is -2.26. The Labute approximate surface area is 379 Å². The normalized spacial score (nSPS) is 46.0. The second-order valence-corrected chi connectivity index (χ2v) is 15.8. The van der Waals surface area contributed by atoms with E-state index < -0.39 is 197 Å². The molecule has 12 N–H and O–H groups in total. The molecule has 0 saturated carbocycles. The van der Waals surface area contributed by atoms with Gasteiger partial charge in [-0.25, -0.2) is 9.59 Å². The Bertz CT molecular complexity index is 1640. The molecule has 5 heterocycles. The summed E-state index contributed by atoms with van der Waals surface area (Å²) in [6.07, 6.45) is -47.1. The number of ether oxygens (including phenoxy) is 14. The first-order valence-electron chi connectivity index (χ1n) is 20.5. The number of carboxylic acids is 2. The number of methoxy groups -OCH3 is 3. The predicted octanol–water partition coefficient (Wildman–Crippen LogP) is -8.64. The molecule has 5 rings (SSSR count). The van der Waals surface area contributed by atoms with Gasteiger partial charge in [0.1, 0.15) is 97.7 Å². The van der Waals surface area contributed by atoms with Crippen LogP contribution in [0.3, 0.4) is 0 Å². The summed E-state index contributed by atoms with van der Waals surface area (Å²) in [6, 6.07) is 0. The molecule has 0 spiro atoms. The highest BCUT2D eigenvalue weighted by atomic mass is 16.8. The van der Waals surface area contributed by atoms with Gasteiger partial charge in [0.05, 0.1) is 19.8 Å². The van der Waals surface area contributed by atoms with Crippen LogP contribution in [-0.2, 0) is 85.5 Å². The lowest BCUT2D eigenvalue weighted by molar-refractivity contribution is -0.389. The van der Waals surface area contributed by atoms with Crippen LogP contribution < -0.4 is 0 Å². The van der Waals surface area contributed by atoms with Crippen molar-refractivity contribution in [1.82, 2.24) is 0 Å². The Morgan fingerprint density at radius 1 is 0.388 bits per heavy atom. The average Bonchev–Trinajstić information content (AvgIpc) is 3.28. The molecule has 5 aliphatic rings. The Morgan fingerprint density at radius 2 is 0.731 bits per heavy atom. The lowest BCUT2D eigenvalue weighted by atomic mass is 9.95. The maximum absolute atomic E-state index is 12.7. The van der Waals surface area contributed by atoms with Gasteiger partial charge in [-0.2, -0.15) is 0 Å². The molecule has 30 nitrogen and oxygen atoms in total. The van der Waals surface area contributed by atoms with Crippen LogP contribution in [0.4, 0.5) is 0 Å². The van der Waals surface area contributed by atoms with Gasteiger partial charge in [0, 0.05) is 35.2 Å². The number of hydrogen-bond acceptors (Lipinski definition) is 28. The fraction of sp³-hybridized carbons (Fsp3) is 0.892. The molecule has 5 fully saturated rings. The smallest absolute Gasteiger partial charge is 0.335 e. The van der Waals surface area contributed by atoms with E-state index in [1.165, 1.54) is 0 Å². The molecule has 5 aliphatic heterocycles. The molecule has 5 saturated heterocycles. The van der Waals surface area contributed by atoms with Crippen molar-refractivity contribution in [2.45, 2.75) is 167 Å². The van der Waals surface area contributed by atoms with Crippen molar-refractivity contribution >= 4 is 23.9 Å². The number of hydrogen-bond donors (Lipinski definition) is 12. The van der Waals surface area contributed by atoms with Crippen LogP contribution >= 0.6 is 0 Å². The zero-order chi connectivity index (χ0) is 49.8. The monoisotopic (exact) mass is 982 g/mol. The van der Waals surface area contributed by atoms with Gasteiger partial charge in [0.15, 0.2) is 55.9 Å². The number of aliphatic hydroxyl groups excluding tert-OH is 10. The lowest BCUT2D eigenvalue weighted by Crippen LogP contribution is -2.69. The first kappa shape index (κ1) is 54.9. The molecule has 0 aliphatic carbocycles. The van der Waals surface area contributed by atoms with Gasteiger partial charge in [-0.1, -0.05) is 0 Å². The van der Waals surface area contributed by atoms with Gasteiger partial charge in [-0.3, -0.25) is 9.59 Å². The third-order valence-electron chi connectivity index (χ3n) is 11.5. The molecule has 0 aromatic carbocycles. The Morgan fingerprint density at radius 3 is 1.15 bits per heavy atom. The summed E-state index contributed by atoms with van der Waals surface area (Å²) in [5.74, 6) is -5.52. The van der Waals surface area contributed by atoms with Gasteiger partial charge in [0.25, 0.3) is 0 Å². The second kappa shape index (κ2) is 23.7. The maximum Gasteiger partial charge on any atom is 0.335 e. The molecule has 30 heteroatoms. The van der Waals surface area contributed by atoms with Crippen molar-refractivity contribution < 1.29 is 147 Å². The molecule has 25 atom stereocenters. The minimum absolute atomic E-state index is 0.811. The van der Waals surface area contributed by atoms with Crippen molar-refractivity contribution in [3.05, 3.63) is 0 Å². The number of carbonyl (C=O) groups excluding carboxylic acids is 2. The number of aliphatic carboxylic acids is 2. The van der Waals surface area contributed by atoms with E-state index >= 15 is 0 Å². The van der Waals surface area contributed by atoms with E-state index in [4.69, 9.17) is 66.3 Å². The zero-order valence-electron chi connectivity index (χ0n) is 36.3. The van der Waals surface area contributed by atoms with E-state index in [0.717, 1.165) is 35.2 Å². The van der Waals surface area contributed by atoms with Crippen molar-refractivity contribution in [2.24, 2.45) is 0 Å². The predicted molar refractivity (Wildman–Crippen MR) is 201 cm³/mol. The molecular weight excluding hydrogens is 924 g/mol. The SMILES string of the molecule is CO[C@H]1O[C@H](CO)[C@@H](O[C@@H]2O[C@@H](C(=O)O)[C@@H](O[C@H]3O[C@H](CO)[C@@H](O[C@@H]4O[C@H](C(=O)O)[C@@H](O[C@H]5O[C@H](CO)[C@@H](OC(C)=O)[C@H](O)[C@H]5O)[C@H](OC)[C@H]4OC(C)=O)[C@H](O)[C@H]3O)[C@H](OC)[C@H]2O)[C@H](O)[C@H]1O. The fourth-order valence-corrected chi connectivity index (χ4v) is 8.28. The zero-order valence-corrected chi connectivity index (χ0v) is 36.3. The highest BCUT2D eigenvalue weighted by Gasteiger charge is 2.59. The fourth-order valence-electron chi connectivity index (χ4n) is 8.28. The third-order valence-corrected chi connectivity index (χ3v) is 11.5. The Hall–Kier alpha value is -3.00. The first-order chi connectivity index (χ1) is 31.7. The van der Waals surface area contributed by atoms with E-state index in [2.05, 4.69) is 0 Å². The summed E-state index contributed by atoms with van der Waals surface area (Å²) in [5, 5.41) is 128. The summed E-state index contributed by atoms with van der Waals surface area (Å²) >= 11 is 0. The minimum Gasteiger partial charge on any atom is -0.479 e. The Balaban J connectivity index is 1.35. The Kier molecular flexibility index (Phi) is 19.5. The topological polar surface area (TPSA) is 440 Å². The van der Waals surface area contributed by atoms with Crippen LogP contribution in [0.5, 0.6) is 0 Å². The van der Waals surface area contributed by atoms with Crippen LogP contribution in [-0.4, -0.2) is 280 Å². The molecule has 0 bridgehead atoms. The highest BCUT2D eigenvalue weighted by Crippen LogP contribution is 2.37.